The minimum atomic E-state index is 0.344. The zero-order valence-electron chi connectivity index (χ0n) is 12.8. The second-order valence-electron chi connectivity index (χ2n) is 6.30. The standard InChI is InChI=1S/C17H26N2O2/c1-21-16-8-5-13(17(20)10-16)11-19(15-6-7-15)12-14-4-2-3-9-18-14/h5,8,10,14-15,18,20H,2-4,6-7,9,11-12H2,1H3. The summed E-state index contributed by atoms with van der Waals surface area (Å²) in [6.45, 7) is 3.08. The van der Waals surface area contributed by atoms with Crippen LogP contribution in [-0.2, 0) is 6.54 Å². The normalized spacial score (nSPS) is 22.5. The zero-order chi connectivity index (χ0) is 14.7. The number of hydrogen-bond donors (Lipinski definition) is 2. The first-order chi connectivity index (χ1) is 10.3. The Labute approximate surface area is 127 Å². The van der Waals surface area contributed by atoms with Gasteiger partial charge < -0.3 is 15.2 Å². The van der Waals surface area contributed by atoms with Gasteiger partial charge in [0.1, 0.15) is 11.5 Å². The van der Waals surface area contributed by atoms with Crippen molar-refractivity contribution >= 4 is 0 Å². The molecule has 3 rings (SSSR count). The van der Waals surface area contributed by atoms with Crippen LogP contribution in [0.5, 0.6) is 11.5 Å². The lowest BCUT2D eigenvalue weighted by Gasteiger charge is -2.31. The number of nitrogens with one attached hydrogen (secondary N) is 1. The number of hydrogen-bond acceptors (Lipinski definition) is 4. The van der Waals surface area contributed by atoms with E-state index in [1.165, 1.54) is 32.1 Å². The molecule has 0 bridgehead atoms. The minimum Gasteiger partial charge on any atom is -0.507 e. The molecule has 1 atom stereocenters. The number of aromatic hydroxyl groups is 1. The van der Waals surface area contributed by atoms with Gasteiger partial charge in [-0.25, -0.2) is 0 Å². The number of piperidine rings is 1. The van der Waals surface area contributed by atoms with Crippen LogP contribution in [0.2, 0.25) is 0 Å². The zero-order valence-corrected chi connectivity index (χ0v) is 12.8. The van der Waals surface area contributed by atoms with E-state index in [2.05, 4.69) is 10.2 Å². The molecule has 0 aromatic heterocycles. The van der Waals surface area contributed by atoms with E-state index in [0.29, 0.717) is 23.6 Å². The van der Waals surface area contributed by atoms with Gasteiger partial charge in [-0.05, 0) is 38.3 Å². The van der Waals surface area contributed by atoms with Crippen molar-refractivity contribution in [3.05, 3.63) is 23.8 Å². The Balaban J connectivity index is 1.64. The molecule has 116 valence electrons. The van der Waals surface area contributed by atoms with Gasteiger partial charge in [-0.15, -0.1) is 0 Å². The van der Waals surface area contributed by atoms with Crippen molar-refractivity contribution in [3.8, 4) is 11.5 Å². The van der Waals surface area contributed by atoms with Gasteiger partial charge in [0.25, 0.3) is 0 Å². The second-order valence-corrected chi connectivity index (χ2v) is 6.30. The Hall–Kier alpha value is -1.26. The van der Waals surface area contributed by atoms with Crippen LogP contribution in [-0.4, -0.2) is 42.3 Å². The van der Waals surface area contributed by atoms with Crippen LogP contribution >= 0.6 is 0 Å². The van der Waals surface area contributed by atoms with E-state index in [1.807, 2.05) is 12.1 Å². The third kappa shape index (κ3) is 3.89. The molecule has 21 heavy (non-hydrogen) atoms. The molecule has 2 N–H and O–H groups in total. The number of phenols is 1. The monoisotopic (exact) mass is 290 g/mol. The number of methoxy groups -OCH3 is 1. The number of rotatable bonds is 6. The van der Waals surface area contributed by atoms with Gasteiger partial charge in [-0.3, -0.25) is 4.90 Å². The van der Waals surface area contributed by atoms with E-state index >= 15 is 0 Å². The lowest BCUT2D eigenvalue weighted by atomic mass is 10.0. The number of ether oxygens (including phenoxy) is 1. The Morgan fingerprint density at radius 2 is 2.14 bits per heavy atom. The summed E-state index contributed by atoms with van der Waals surface area (Å²) in [5.74, 6) is 1.06. The predicted molar refractivity (Wildman–Crippen MR) is 83.7 cm³/mol. The third-order valence-electron chi connectivity index (χ3n) is 4.60. The molecular weight excluding hydrogens is 264 g/mol. The first-order valence-corrected chi connectivity index (χ1v) is 8.09. The molecule has 1 unspecified atom stereocenters. The molecule has 1 saturated heterocycles. The van der Waals surface area contributed by atoms with Gasteiger partial charge in [0.05, 0.1) is 7.11 Å². The van der Waals surface area contributed by atoms with Crippen LogP contribution in [0.1, 0.15) is 37.7 Å². The second kappa shape index (κ2) is 6.67. The quantitative estimate of drug-likeness (QED) is 0.845. The molecule has 0 radical (unpaired) electrons. The average molecular weight is 290 g/mol. The first-order valence-electron chi connectivity index (χ1n) is 8.09. The molecule has 2 fully saturated rings. The van der Waals surface area contributed by atoms with Gasteiger partial charge in [0.15, 0.2) is 0 Å². The molecule has 1 aromatic rings. The Morgan fingerprint density at radius 1 is 1.29 bits per heavy atom. The largest absolute Gasteiger partial charge is 0.507 e. The highest BCUT2D eigenvalue weighted by atomic mass is 16.5. The third-order valence-corrected chi connectivity index (χ3v) is 4.60. The summed E-state index contributed by atoms with van der Waals surface area (Å²) in [4.78, 5) is 2.53. The molecule has 1 heterocycles. The summed E-state index contributed by atoms with van der Waals surface area (Å²) in [7, 11) is 1.62. The Morgan fingerprint density at radius 3 is 2.76 bits per heavy atom. The summed E-state index contributed by atoms with van der Waals surface area (Å²) in [6.07, 6.45) is 6.51. The smallest absolute Gasteiger partial charge is 0.123 e. The highest BCUT2D eigenvalue weighted by molar-refractivity contribution is 5.39. The van der Waals surface area contributed by atoms with Crippen LogP contribution in [0, 0.1) is 0 Å². The van der Waals surface area contributed by atoms with Crippen molar-refractivity contribution in [2.24, 2.45) is 0 Å². The molecule has 0 spiro atoms. The highest BCUT2D eigenvalue weighted by Crippen LogP contribution is 2.32. The van der Waals surface area contributed by atoms with Gasteiger partial charge in [0.2, 0.25) is 0 Å². The van der Waals surface area contributed by atoms with Crippen molar-refractivity contribution in [3.63, 3.8) is 0 Å². The van der Waals surface area contributed by atoms with Gasteiger partial charge in [0, 0.05) is 36.8 Å². The molecular formula is C17H26N2O2. The molecule has 4 nitrogen and oxygen atoms in total. The van der Waals surface area contributed by atoms with Gasteiger partial charge >= 0.3 is 0 Å². The molecule has 0 amide bonds. The topological polar surface area (TPSA) is 44.7 Å². The fourth-order valence-electron chi connectivity index (χ4n) is 3.17. The summed E-state index contributed by atoms with van der Waals surface area (Å²) in [6, 6.07) is 6.94. The fraction of sp³-hybridized carbons (Fsp3) is 0.647. The van der Waals surface area contributed by atoms with Crippen molar-refractivity contribution in [1.29, 1.82) is 0 Å². The maximum Gasteiger partial charge on any atom is 0.123 e. The molecule has 1 aliphatic carbocycles. The highest BCUT2D eigenvalue weighted by Gasteiger charge is 2.31. The molecule has 1 saturated carbocycles. The van der Waals surface area contributed by atoms with E-state index in [9.17, 15) is 5.11 Å². The number of phenolic OH excluding ortho intramolecular Hbond substituents is 1. The van der Waals surface area contributed by atoms with E-state index in [4.69, 9.17) is 4.74 Å². The van der Waals surface area contributed by atoms with E-state index < -0.39 is 0 Å². The van der Waals surface area contributed by atoms with E-state index in [1.54, 1.807) is 13.2 Å². The summed E-state index contributed by atoms with van der Waals surface area (Å²) in [5, 5.41) is 13.8. The number of nitrogens with zero attached hydrogens (tertiary/aromatic N) is 1. The summed E-state index contributed by atoms with van der Waals surface area (Å²) in [5.41, 5.74) is 0.999. The minimum absolute atomic E-state index is 0.344. The molecule has 2 aliphatic rings. The van der Waals surface area contributed by atoms with Crippen LogP contribution in [0.4, 0.5) is 0 Å². The van der Waals surface area contributed by atoms with Gasteiger partial charge in [-0.1, -0.05) is 12.5 Å². The van der Waals surface area contributed by atoms with E-state index in [-0.39, 0.29) is 0 Å². The maximum atomic E-state index is 10.2. The van der Waals surface area contributed by atoms with Gasteiger partial charge in [-0.2, -0.15) is 0 Å². The summed E-state index contributed by atoms with van der Waals surface area (Å²) < 4.78 is 5.15. The van der Waals surface area contributed by atoms with Crippen LogP contribution in [0.15, 0.2) is 18.2 Å². The molecule has 1 aliphatic heterocycles. The molecule has 4 heteroatoms. The van der Waals surface area contributed by atoms with Crippen molar-refractivity contribution in [2.45, 2.75) is 50.7 Å². The van der Waals surface area contributed by atoms with Crippen molar-refractivity contribution < 1.29 is 9.84 Å². The first kappa shape index (κ1) is 14.7. The molecule has 1 aromatic carbocycles. The maximum absolute atomic E-state index is 10.2. The van der Waals surface area contributed by atoms with Crippen LogP contribution in [0.25, 0.3) is 0 Å². The lowest BCUT2D eigenvalue weighted by Crippen LogP contribution is -2.44. The predicted octanol–water partition coefficient (Wildman–Crippen LogP) is 2.51. The van der Waals surface area contributed by atoms with Crippen molar-refractivity contribution in [1.82, 2.24) is 10.2 Å². The van der Waals surface area contributed by atoms with Crippen LogP contribution in [0.3, 0.4) is 0 Å². The average Bonchev–Trinajstić information content (AvgIpc) is 3.34. The Bertz CT molecular complexity index is 468. The lowest BCUT2D eigenvalue weighted by molar-refractivity contribution is 0.206. The number of benzene rings is 1. The van der Waals surface area contributed by atoms with Crippen molar-refractivity contribution in [2.75, 3.05) is 20.2 Å². The Kier molecular flexibility index (Phi) is 4.66. The fourth-order valence-corrected chi connectivity index (χ4v) is 3.17. The van der Waals surface area contributed by atoms with Crippen LogP contribution < -0.4 is 10.1 Å². The summed E-state index contributed by atoms with van der Waals surface area (Å²) >= 11 is 0. The SMILES string of the molecule is COc1ccc(CN(CC2CCCCN2)C2CC2)c(O)c1. The van der Waals surface area contributed by atoms with E-state index in [0.717, 1.165) is 25.2 Å².